The fraction of sp³-hybridized carbons (Fsp3) is 0.500. The van der Waals surface area contributed by atoms with Gasteiger partial charge < -0.3 is 0 Å². The number of aromatic nitrogens is 3. The molecule has 2 aromatic heterocycles. The van der Waals surface area contributed by atoms with Gasteiger partial charge in [0, 0.05) is 0 Å². The lowest BCUT2D eigenvalue weighted by atomic mass is 10.1. The average Bonchev–Trinajstić information content (AvgIpc) is 2.58. The molecule has 0 radical (unpaired) electrons. The van der Waals surface area contributed by atoms with Crippen molar-refractivity contribution in [1.29, 1.82) is 0 Å². The van der Waals surface area contributed by atoms with Crippen LogP contribution in [0.25, 0.3) is 5.65 Å². The molecule has 0 atom stereocenters. The quantitative estimate of drug-likeness (QED) is 0.817. The fourth-order valence-corrected chi connectivity index (χ4v) is 2.08. The van der Waals surface area contributed by atoms with Crippen molar-refractivity contribution in [1.82, 2.24) is 14.6 Å². The Kier molecular flexibility index (Phi) is 3.44. The van der Waals surface area contributed by atoms with Crippen LogP contribution in [-0.2, 0) is 12.8 Å². The van der Waals surface area contributed by atoms with Gasteiger partial charge in [-0.2, -0.15) is 5.10 Å². The summed E-state index contributed by atoms with van der Waals surface area (Å²) in [5.74, 6) is 0. The van der Waals surface area contributed by atoms with Gasteiger partial charge in [0.15, 0.2) is 5.65 Å². The van der Waals surface area contributed by atoms with Crippen LogP contribution < -0.4 is 0 Å². The maximum Gasteiger partial charge on any atom is 0.155 e. The molecule has 0 unspecified atom stereocenters. The second-order valence-electron chi connectivity index (χ2n) is 3.98. The first-order valence-electron chi connectivity index (χ1n) is 5.78. The van der Waals surface area contributed by atoms with Crippen molar-refractivity contribution in [3.63, 3.8) is 0 Å². The normalized spacial score (nSPS) is 11.2. The lowest BCUT2D eigenvalue weighted by Crippen LogP contribution is -2.03. The number of aryl methyl sites for hydroxylation is 2. The molecule has 0 saturated heterocycles. The van der Waals surface area contributed by atoms with Crippen LogP contribution in [-0.4, -0.2) is 14.6 Å². The summed E-state index contributed by atoms with van der Waals surface area (Å²) in [5.41, 5.74) is 3.32. The number of nitrogens with zero attached hydrogens (tertiary/aromatic N) is 3. The third kappa shape index (κ3) is 2.19. The largest absolute Gasteiger partial charge is 0.219 e. The summed E-state index contributed by atoms with van der Waals surface area (Å²) in [5, 5.41) is 5.08. The van der Waals surface area contributed by atoms with Gasteiger partial charge in [0.25, 0.3) is 0 Å². The monoisotopic (exact) mass is 237 g/mol. The highest BCUT2D eigenvalue weighted by atomic mass is 35.5. The van der Waals surface area contributed by atoms with E-state index in [9.17, 15) is 0 Å². The summed E-state index contributed by atoms with van der Waals surface area (Å²) >= 11 is 5.87. The average molecular weight is 238 g/mol. The lowest BCUT2D eigenvalue weighted by Gasteiger charge is -2.07. The smallest absolute Gasteiger partial charge is 0.155 e. The van der Waals surface area contributed by atoms with E-state index in [0.29, 0.717) is 5.15 Å². The molecule has 0 saturated carbocycles. The summed E-state index contributed by atoms with van der Waals surface area (Å²) in [4.78, 5) is 4.22. The summed E-state index contributed by atoms with van der Waals surface area (Å²) < 4.78 is 1.77. The zero-order chi connectivity index (χ0) is 11.5. The Labute approximate surface area is 100 Å². The second-order valence-corrected chi connectivity index (χ2v) is 4.37. The number of rotatable bonds is 4. The predicted octanol–water partition coefficient (Wildman–Crippen LogP) is 3.29. The van der Waals surface area contributed by atoms with E-state index in [1.807, 2.05) is 0 Å². The molecule has 2 aromatic rings. The first kappa shape index (κ1) is 11.4. The maximum absolute atomic E-state index is 5.87. The molecular weight excluding hydrogens is 222 g/mol. The van der Waals surface area contributed by atoms with Crippen molar-refractivity contribution >= 4 is 17.2 Å². The molecule has 0 aliphatic heterocycles. The SMILES string of the molecule is CCCc1cc2nc(Cl)cn2nc1CCC. The zero-order valence-electron chi connectivity index (χ0n) is 9.70. The topological polar surface area (TPSA) is 30.2 Å². The van der Waals surface area contributed by atoms with E-state index >= 15 is 0 Å². The van der Waals surface area contributed by atoms with Gasteiger partial charge >= 0.3 is 0 Å². The van der Waals surface area contributed by atoms with Crippen LogP contribution in [0.5, 0.6) is 0 Å². The molecule has 86 valence electrons. The lowest BCUT2D eigenvalue weighted by molar-refractivity contribution is 0.773. The number of fused-ring (bicyclic) bond motifs is 1. The van der Waals surface area contributed by atoms with Gasteiger partial charge in [-0.25, -0.2) is 9.50 Å². The maximum atomic E-state index is 5.87. The van der Waals surface area contributed by atoms with Crippen molar-refractivity contribution in [2.24, 2.45) is 0 Å². The molecule has 0 fully saturated rings. The Morgan fingerprint density at radius 1 is 1.25 bits per heavy atom. The summed E-state index contributed by atoms with van der Waals surface area (Å²) in [7, 11) is 0. The Bertz CT molecular complexity index is 447. The number of imidazole rings is 1. The molecule has 0 spiro atoms. The van der Waals surface area contributed by atoms with Gasteiger partial charge in [-0.15, -0.1) is 0 Å². The van der Waals surface area contributed by atoms with E-state index < -0.39 is 0 Å². The van der Waals surface area contributed by atoms with E-state index in [1.54, 1.807) is 10.7 Å². The molecular formula is C12H16ClN3. The number of hydrogen-bond acceptors (Lipinski definition) is 2. The van der Waals surface area contributed by atoms with Gasteiger partial charge in [0.2, 0.25) is 0 Å². The molecule has 0 bridgehead atoms. The van der Waals surface area contributed by atoms with E-state index in [0.717, 1.165) is 31.3 Å². The third-order valence-corrected chi connectivity index (χ3v) is 2.78. The van der Waals surface area contributed by atoms with Crippen molar-refractivity contribution < 1.29 is 0 Å². The molecule has 0 aliphatic rings. The number of halogens is 1. The highest BCUT2D eigenvalue weighted by Crippen LogP contribution is 2.16. The van der Waals surface area contributed by atoms with Crippen LogP contribution in [0.1, 0.15) is 37.9 Å². The van der Waals surface area contributed by atoms with Crippen molar-refractivity contribution in [2.75, 3.05) is 0 Å². The molecule has 0 aromatic carbocycles. The van der Waals surface area contributed by atoms with E-state index in [-0.39, 0.29) is 0 Å². The van der Waals surface area contributed by atoms with Gasteiger partial charge in [-0.05, 0) is 24.5 Å². The number of hydrogen-bond donors (Lipinski definition) is 0. The van der Waals surface area contributed by atoms with Gasteiger partial charge in [0.05, 0.1) is 11.9 Å². The molecule has 0 aliphatic carbocycles. The molecule has 2 heterocycles. The summed E-state index contributed by atoms with van der Waals surface area (Å²) in [6, 6.07) is 2.10. The summed E-state index contributed by atoms with van der Waals surface area (Å²) in [6.45, 7) is 4.35. The Balaban J connectivity index is 2.51. The van der Waals surface area contributed by atoms with Crippen LogP contribution in [0, 0.1) is 0 Å². The van der Waals surface area contributed by atoms with Crippen LogP contribution >= 0.6 is 11.6 Å². The van der Waals surface area contributed by atoms with Crippen LogP contribution in [0.3, 0.4) is 0 Å². The molecule has 0 N–H and O–H groups in total. The minimum Gasteiger partial charge on any atom is -0.219 e. The molecule has 16 heavy (non-hydrogen) atoms. The van der Waals surface area contributed by atoms with Gasteiger partial charge in [0.1, 0.15) is 5.15 Å². The zero-order valence-corrected chi connectivity index (χ0v) is 10.5. The highest BCUT2D eigenvalue weighted by Gasteiger charge is 2.07. The van der Waals surface area contributed by atoms with E-state index in [4.69, 9.17) is 11.6 Å². The first-order chi connectivity index (χ1) is 7.74. The Morgan fingerprint density at radius 2 is 2.00 bits per heavy atom. The summed E-state index contributed by atoms with van der Waals surface area (Å²) in [6.07, 6.45) is 6.07. The van der Waals surface area contributed by atoms with Crippen molar-refractivity contribution in [3.05, 3.63) is 28.7 Å². The molecule has 0 amide bonds. The van der Waals surface area contributed by atoms with E-state index in [2.05, 4.69) is 30.0 Å². The highest BCUT2D eigenvalue weighted by molar-refractivity contribution is 6.29. The minimum atomic E-state index is 0.503. The van der Waals surface area contributed by atoms with Crippen molar-refractivity contribution in [3.8, 4) is 0 Å². The predicted molar refractivity (Wildman–Crippen MR) is 66.0 cm³/mol. The Morgan fingerprint density at radius 3 is 2.69 bits per heavy atom. The second kappa shape index (κ2) is 4.83. The van der Waals surface area contributed by atoms with Gasteiger partial charge in [-0.1, -0.05) is 38.3 Å². The molecule has 3 nitrogen and oxygen atoms in total. The fourth-order valence-electron chi connectivity index (χ4n) is 1.90. The van der Waals surface area contributed by atoms with Crippen molar-refractivity contribution in [2.45, 2.75) is 39.5 Å². The van der Waals surface area contributed by atoms with Crippen LogP contribution in [0.15, 0.2) is 12.3 Å². The third-order valence-electron chi connectivity index (χ3n) is 2.59. The van der Waals surface area contributed by atoms with Crippen LogP contribution in [0.4, 0.5) is 0 Å². The van der Waals surface area contributed by atoms with Gasteiger partial charge in [-0.3, -0.25) is 0 Å². The first-order valence-corrected chi connectivity index (χ1v) is 6.16. The molecule has 4 heteroatoms. The minimum absolute atomic E-state index is 0.503. The molecule has 2 rings (SSSR count). The Hall–Kier alpha value is -1.09. The standard InChI is InChI=1S/C12H16ClN3/c1-3-5-9-7-12-14-11(13)8-16(12)15-10(9)6-4-2/h7-8H,3-6H2,1-2H3. The van der Waals surface area contributed by atoms with Crippen LogP contribution in [0.2, 0.25) is 5.15 Å². The van der Waals surface area contributed by atoms with E-state index in [1.165, 1.54) is 11.3 Å².